The van der Waals surface area contributed by atoms with Crippen molar-refractivity contribution in [1.29, 1.82) is 0 Å². The Hall–Kier alpha value is -1.57. The lowest BCUT2D eigenvalue weighted by Gasteiger charge is -2.10. The average molecular weight is 391 g/mol. The van der Waals surface area contributed by atoms with Crippen molar-refractivity contribution >= 4 is 49.2 Å². The van der Waals surface area contributed by atoms with Crippen LogP contribution >= 0.6 is 27.5 Å². The Morgan fingerprint density at radius 2 is 1.90 bits per heavy atom. The van der Waals surface area contributed by atoms with E-state index in [2.05, 4.69) is 20.7 Å². The van der Waals surface area contributed by atoms with Crippen molar-refractivity contribution < 1.29 is 18.3 Å². The molecule has 2 aromatic rings. The second-order valence-electron chi connectivity index (χ2n) is 4.06. The Kier molecular flexibility index (Phi) is 4.55. The topological polar surface area (TPSA) is 83.5 Å². The second kappa shape index (κ2) is 6.05. The minimum atomic E-state index is -3.92. The number of hydrogen-bond acceptors (Lipinski definition) is 3. The highest BCUT2D eigenvalue weighted by atomic mass is 79.9. The molecule has 2 aromatic carbocycles. The number of benzene rings is 2. The van der Waals surface area contributed by atoms with Crippen LogP contribution in [0.3, 0.4) is 0 Å². The summed E-state index contributed by atoms with van der Waals surface area (Å²) in [4.78, 5) is 10.7. The van der Waals surface area contributed by atoms with Crippen molar-refractivity contribution in [2.24, 2.45) is 0 Å². The van der Waals surface area contributed by atoms with Crippen LogP contribution < -0.4 is 4.72 Å². The van der Waals surface area contributed by atoms with Crippen LogP contribution in [0.25, 0.3) is 0 Å². The van der Waals surface area contributed by atoms with Gasteiger partial charge in [0.1, 0.15) is 0 Å². The van der Waals surface area contributed by atoms with Gasteiger partial charge in [-0.3, -0.25) is 4.72 Å². The molecule has 110 valence electrons. The summed E-state index contributed by atoms with van der Waals surface area (Å²) in [5, 5.41) is 9.12. The van der Waals surface area contributed by atoms with E-state index in [4.69, 9.17) is 16.7 Å². The van der Waals surface area contributed by atoms with Gasteiger partial charge in [0, 0.05) is 4.47 Å². The molecule has 0 heterocycles. The van der Waals surface area contributed by atoms with Crippen molar-refractivity contribution in [2.75, 3.05) is 4.72 Å². The first-order valence-corrected chi connectivity index (χ1v) is 8.26. The molecule has 0 saturated carbocycles. The van der Waals surface area contributed by atoms with Gasteiger partial charge < -0.3 is 5.11 Å². The maximum atomic E-state index is 12.2. The number of rotatable bonds is 4. The van der Waals surface area contributed by atoms with Crippen LogP contribution in [-0.4, -0.2) is 19.5 Å². The van der Waals surface area contributed by atoms with Crippen LogP contribution in [-0.2, 0) is 10.0 Å². The summed E-state index contributed by atoms with van der Waals surface area (Å²) >= 11 is 9.17. The van der Waals surface area contributed by atoms with Crippen LogP contribution in [0.1, 0.15) is 10.4 Å². The molecule has 0 saturated heterocycles. The maximum Gasteiger partial charge on any atom is 0.335 e. The Balaban J connectivity index is 2.38. The lowest BCUT2D eigenvalue weighted by Crippen LogP contribution is -2.14. The highest BCUT2D eigenvalue weighted by Crippen LogP contribution is 2.27. The number of hydrogen-bond donors (Lipinski definition) is 2. The first-order chi connectivity index (χ1) is 9.79. The Bertz CT molecular complexity index is 808. The highest BCUT2D eigenvalue weighted by Gasteiger charge is 2.17. The third-order valence-corrected chi connectivity index (χ3v) is 4.74. The predicted octanol–water partition coefficient (Wildman–Crippen LogP) is 3.60. The summed E-state index contributed by atoms with van der Waals surface area (Å²) in [5.41, 5.74) is 0.0976. The van der Waals surface area contributed by atoms with Gasteiger partial charge in [-0.05, 0) is 36.4 Å². The van der Waals surface area contributed by atoms with Gasteiger partial charge in [-0.15, -0.1) is 0 Å². The lowest BCUT2D eigenvalue weighted by molar-refractivity contribution is 0.0696. The summed E-state index contributed by atoms with van der Waals surface area (Å²) in [7, 11) is -3.92. The summed E-state index contributed by atoms with van der Waals surface area (Å²) in [6, 6.07) is 9.75. The number of carboxylic acid groups (broad SMARTS) is 1. The number of anilines is 1. The van der Waals surface area contributed by atoms with Gasteiger partial charge in [0.05, 0.1) is 21.2 Å². The molecule has 8 heteroatoms. The van der Waals surface area contributed by atoms with Gasteiger partial charge in [-0.1, -0.05) is 33.6 Å². The first kappa shape index (κ1) is 15.8. The smallest absolute Gasteiger partial charge is 0.335 e. The van der Waals surface area contributed by atoms with Gasteiger partial charge in [-0.2, -0.15) is 0 Å². The molecule has 0 amide bonds. The molecule has 0 aromatic heterocycles. The van der Waals surface area contributed by atoms with Crippen molar-refractivity contribution in [2.45, 2.75) is 4.90 Å². The number of nitrogens with one attached hydrogen (secondary N) is 1. The zero-order valence-electron chi connectivity index (χ0n) is 10.4. The standard InChI is InChI=1S/C13H9BrClNO4S/c14-9-4-5-12(11(15)7-9)16-21(19,20)10-3-1-2-8(6-10)13(17)18/h1-7,16H,(H,17,18). The minimum absolute atomic E-state index is 0.111. The lowest BCUT2D eigenvalue weighted by atomic mass is 10.2. The number of carboxylic acids is 1. The minimum Gasteiger partial charge on any atom is -0.478 e. The van der Waals surface area contributed by atoms with E-state index < -0.39 is 16.0 Å². The van der Waals surface area contributed by atoms with Crippen molar-refractivity contribution in [3.63, 3.8) is 0 Å². The number of aromatic carboxylic acids is 1. The zero-order valence-corrected chi connectivity index (χ0v) is 13.5. The van der Waals surface area contributed by atoms with Crippen LogP contribution in [0.2, 0.25) is 5.02 Å². The second-order valence-corrected chi connectivity index (χ2v) is 7.07. The van der Waals surface area contributed by atoms with Crippen LogP contribution in [0.4, 0.5) is 5.69 Å². The van der Waals surface area contributed by atoms with Crippen LogP contribution in [0, 0.1) is 0 Å². The average Bonchev–Trinajstić information content (AvgIpc) is 2.42. The molecule has 5 nitrogen and oxygen atoms in total. The third kappa shape index (κ3) is 3.75. The Labute approximate surface area is 134 Å². The largest absolute Gasteiger partial charge is 0.478 e. The van der Waals surface area contributed by atoms with E-state index in [0.717, 1.165) is 6.07 Å². The van der Waals surface area contributed by atoms with E-state index in [1.54, 1.807) is 12.1 Å². The Morgan fingerprint density at radius 3 is 2.52 bits per heavy atom. The molecular weight excluding hydrogens is 382 g/mol. The fourth-order valence-electron chi connectivity index (χ4n) is 1.57. The summed E-state index contributed by atoms with van der Waals surface area (Å²) in [6.07, 6.45) is 0. The molecule has 0 radical (unpaired) electrons. The summed E-state index contributed by atoms with van der Waals surface area (Å²) < 4.78 is 27.5. The first-order valence-electron chi connectivity index (χ1n) is 5.61. The third-order valence-electron chi connectivity index (χ3n) is 2.57. The molecule has 2 N–H and O–H groups in total. The monoisotopic (exact) mass is 389 g/mol. The van der Waals surface area contributed by atoms with Gasteiger partial charge in [0.25, 0.3) is 10.0 Å². The van der Waals surface area contributed by atoms with Crippen LogP contribution in [0.5, 0.6) is 0 Å². The Morgan fingerprint density at radius 1 is 1.19 bits per heavy atom. The molecule has 0 unspecified atom stereocenters. The highest BCUT2D eigenvalue weighted by molar-refractivity contribution is 9.10. The van der Waals surface area contributed by atoms with E-state index in [0.29, 0.717) is 4.47 Å². The zero-order chi connectivity index (χ0) is 15.6. The molecule has 0 atom stereocenters. The van der Waals surface area contributed by atoms with E-state index in [-0.39, 0.29) is 21.2 Å². The van der Waals surface area contributed by atoms with Gasteiger partial charge in [0.2, 0.25) is 0 Å². The van der Waals surface area contributed by atoms with E-state index >= 15 is 0 Å². The molecule has 21 heavy (non-hydrogen) atoms. The number of halogens is 2. The fraction of sp³-hybridized carbons (Fsp3) is 0. The van der Waals surface area contributed by atoms with Crippen molar-refractivity contribution in [3.8, 4) is 0 Å². The SMILES string of the molecule is O=C(O)c1cccc(S(=O)(=O)Nc2ccc(Br)cc2Cl)c1. The normalized spacial score (nSPS) is 11.1. The molecule has 0 aliphatic heterocycles. The number of sulfonamides is 1. The summed E-state index contributed by atoms with van der Waals surface area (Å²) in [5.74, 6) is -1.20. The molecule has 0 aliphatic rings. The fourth-order valence-corrected chi connectivity index (χ4v) is 3.47. The number of carbonyl (C=O) groups is 1. The maximum absolute atomic E-state index is 12.2. The van der Waals surface area contributed by atoms with Gasteiger partial charge >= 0.3 is 5.97 Å². The molecule has 0 aliphatic carbocycles. The molecule has 2 rings (SSSR count). The van der Waals surface area contributed by atoms with E-state index in [1.807, 2.05) is 0 Å². The van der Waals surface area contributed by atoms with Gasteiger partial charge in [-0.25, -0.2) is 13.2 Å². The molecule has 0 fully saturated rings. The molecule has 0 spiro atoms. The van der Waals surface area contributed by atoms with E-state index in [9.17, 15) is 13.2 Å². The predicted molar refractivity (Wildman–Crippen MR) is 83.4 cm³/mol. The van der Waals surface area contributed by atoms with Crippen molar-refractivity contribution in [3.05, 3.63) is 57.5 Å². The summed E-state index contributed by atoms with van der Waals surface area (Å²) in [6.45, 7) is 0. The van der Waals surface area contributed by atoms with Crippen molar-refractivity contribution in [1.82, 2.24) is 0 Å². The molecule has 0 bridgehead atoms. The molecular formula is C13H9BrClNO4S. The van der Waals surface area contributed by atoms with Gasteiger partial charge in [0.15, 0.2) is 0 Å². The quantitative estimate of drug-likeness (QED) is 0.835. The van der Waals surface area contributed by atoms with Crippen LogP contribution in [0.15, 0.2) is 51.8 Å². The van der Waals surface area contributed by atoms with E-state index in [1.165, 1.54) is 24.3 Å².